The molecule has 0 unspecified atom stereocenters. The first-order valence-electron chi connectivity index (χ1n) is 14.0. The predicted octanol–water partition coefficient (Wildman–Crippen LogP) is 7.65. The Morgan fingerprint density at radius 2 is 1.71 bits per heavy atom. The molecule has 4 aromatic carbocycles. The van der Waals surface area contributed by atoms with Crippen LogP contribution in [-0.4, -0.2) is 36.2 Å². The van der Waals surface area contributed by atoms with Gasteiger partial charge in [-0.2, -0.15) is 5.10 Å². The van der Waals surface area contributed by atoms with E-state index in [0.717, 1.165) is 25.6 Å². The van der Waals surface area contributed by atoms with Gasteiger partial charge in [-0.15, -0.1) is 11.3 Å². The molecule has 0 saturated heterocycles. The van der Waals surface area contributed by atoms with Crippen LogP contribution >= 0.6 is 33.9 Å². The van der Waals surface area contributed by atoms with E-state index in [0.29, 0.717) is 34.9 Å². The third-order valence-corrected chi connectivity index (χ3v) is 7.93. The second-order valence-corrected chi connectivity index (χ2v) is 11.8. The van der Waals surface area contributed by atoms with Crippen LogP contribution < -0.4 is 25.5 Å². The molecular weight excluding hydrogens is 701 g/mol. The molecule has 9 nitrogen and oxygen atoms in total. The third-order valence-electron chi connectivity index (χ3n) is 6.37. The molecular formula is C34H30IN5O4S. The van der Waals surface area contributed by atoms with E-state index in [1.54, 1.807) is 30.3 Å². The number of ether oxygens (including phenoxy) is 2. The molecule has 0 aliphatic heterocycles. The number of hydrazone groups is 1. The molecule has 0 saturated carbocycles. The number of halogens is 1. The van der Waals surface area contributed by atoms with Gasteiger partial charge in [0.15, 0.2) is 23.2 Å². The van der Waals surface area contributed by atoms with Crippen molar-refractivity contribution >= 4 is 68.5 Å². The number of amides is 2. The molecule has 45 heavy (non-hydrogen) atoms. The lowest BCUT2D eigenvalue weighted by molar-refractivity contribution is -0.118. The van der Waals surface area contributed by atoms with Gasteiger partial charge in [0.25, 0.3) is 11.8 Å². The Labute approximate surface area is 278 Å². The lowest BCUT2D eigenvalue weighted by Crippen LogP contribution is -2.20. The highest BCUT2D eigenvalue weighted by Gasteiger charge is 2.14. The molecule has 0 aliphatic carbocycles. The molecule has 0 bridgehead atoms. The normalized spacial score (nSPS) is 10.8. The Balaban J connectivity index is 1.17. The molecule has 0 fully saturated rings. The van der Waals surface area contributed by atoms with Gasteiger partial charge in [-0.1, -0.05) is 48.0 Å². The second-order valence-electron chi connectivity index (χ2n) is 9.77. The molecule has 5 aromatic rings. The van der Waals surface area contributed by atoms with Gasteiger partial charge in [-0.3, -0.25) is 9.59 Å². The van der Waals surface area contributed by atoms with E-state index in [1.165, 1.54) is 23.1 Å². The van der Waals surface area contributed by atoms with Crippen LogP contribution in [-0.2, 0) is 4.79 Å². The van der Waals surface area contributed by atoms with Crippen molar-refractivity contribution in [1.29, 1.82) is 0 Å². The number of aromatic nitrogens is 1. The van der Waals surface area contributed by atoms with Crippen molar-refractivity contribution in [2.75, 3.05) is 23.8 Å². The highest BCUT2D eigenvalue weighted by atomic mass is 127. The summed E-state index contributed by atoms with van der Waals surface area (Å²) in [5.41, 5.74) is 8.32. The van der Waals surface area contributed by atoms with Crippen LogP contribution in [0.5, 0.6) is 11.5 Å². The van der Waals surface area contributed by atoms with Crippen LogP contribution in [0, 0.1) is 10.5 Å². The van der Waals surface area contributed by atoms with Crippen molar-refractivity contribution < 1.29 is 19.1 Å². The standard InChI is InChI=1S/C34H30IN5O4S/c1-3-43-30-18-23(17-28(35)32(30)44-20-31(41)37-26-7-5-4-6-8-26)19-36-40-33(42)25-13-11-24(12-14-25)29-21-45-34(39-29)38-27-15-9-22(2)10-16-27/h4-19,21H,3,20H2,1-2H3,(H,37,41)(H,38,39)(H,40,42)/b36-19+. The van der Waals surface area contributed by atoms with Gasteiger partial charge >= 0.3 is 0 Å². The van der Waals surface area contributed by atoms with Crippen LogP contribution in [0.15, 0.2) is 101 Å². The summed E-state index contributed by atoms with van der Waals surface area (Å²) >= 11 is 3.63. The lowest BCUT2D eigenvalue weighted by Gasteiger charge is -2.14. The number of benzene rings is 4. The topological polar surface area (TPSA) is 114 Å². The summed E-state index contributed by atoms with van der Waals surface area (Å²) in [6.45, 7) is 4.14. The number of para-hydroxylation sites is 1. The van der Waals surface area contributed by atoms with Gasteiger partial charge in [0.05, 0.1) is 22.1 Å². The van der Waals surface area contributed by atoms with E-state index < -0.39 is 0 Å². The number of carbonyl (C=O) groups excluding carboxylic acids is 2. The van der Waals surface area contributed by atoms with Gasteiger partial charge in [-0.05, 0) is 90.5 Å². The van der Waals surface area contributed by atoms with Gasteiger partial charge < -0.3 is 20.1 Å². The Morgan fingerprint density at radius 1 is 0.956 bits per heavy atom. The molecule has 11 heteroatoms. The van der Waals surface area contributed by atoms with Crippen LogP contribution in [0.4, 0.5) is 16.5 Å². The van der Waals surface area contributed by atoms with Gasteiger partial charge in [0.2, 0.25) is 0 Å². The zero-order valence-electron chi connectivity index (χ0n) is 24.5. The average molecular weight is 732 g/mol. The van der Waals surface area contributed by atoms with Crippen molar-refractivity contribution in [1.82, 2.24) is 10.4 Å². The van der Waals surface area contributed by atoms with Gasteiger partial charge in [0.1, 0.15) is 0 Å². The minimum Gasteiger partial charge on any atom is -0.490 e. The molecule has 0 spiro atoms. The van der Waals surface area contributed by atoms with E-state index in [9.17, 15) is 9.59 Å². The predicted molar refractivity (Wildman–Crippen MR) is 188 cm³/mol. The van der Waals surface area contributed by atoms with E-state index in [1.807, 2.05) is 73.0 Å². The lowest BCUT2D eigenvalue weighted by atomic mass is 10.1. The number of rotatable bonds is 12. The number of anilines is 3. The van der Waals surface area contributed by atoms with Crippen molar-refractivity contribution in [2.45, 2.75) is 13.8 Å². The summed E-state index contributed by atoms with van der Waals surface area (Å²) < 4.78 is 12.3. The summed E-state index contributed by atoms with van der Waals surface area (Å²) in [7, 11) is 0. The monoisotopic (exact) mass is 731 g/mol. The van der Waals surface area contributed by atoms with Gasteiger partial charge in [0, 0.05) is 27.9 Å². The first-order chi connectivity index (χ1) is 21.9. The van der Waals surface area contributed by atoms with E-state index in [2.05, 4.69) is 55.7 Å². The third kappa shape index (κ3) is 8.89. The Bertz CT molecular complexity index is 1790. The Hall–Kier alpha value is -4.75. The minimum absolute atomic E-state index is 0.179. The number of carbonyl (C=O) groups is 2. The number of thiazole rings is 1. The quantitative estimate of drug-likeness (QED) is 0.0691. The fourth-order valence-corrected chi connectivity index (χ4v) is 5.69. The van der Waals surface area contributed by atoms with Gasteiger partial charge in [-0.25, -0.2) is 10.4 Å². The van der Waals surface area contributed by atoms with E-state index in [-0.39, 0.29) is 18.4 Å². The first-order valence-corrected chi connectivity index (χ1v) is 16.0. The zero-order chi connectivity index (χ0) is 31.6. The maximum Gasteiger partial charge on any atom is 0.271 e. The summed E-state index contributed by atoms with van der Waals surface area (Å²) in [6, 6.07) is 28.1. The maximum atomic E-state index is 12.8. The van der Waals surface area contributed by atoms with Crippen LogP contribution in [0.25, 0.3) is 11.3 Å². The number of aryl methyl sites for hydroxylation is 1. The minimum atomic E-state index is -0.345. The molecule has 0 aliphatic rings. The molecule has 1 aromatic heterocycles. The summed E-state index contributed by atoms with van der Waals surface area (Å²) in [6.07, 6.45) is 1.53. The molecule has 5 rings (SSSR count). The smallest absolute Gasteiger partial charge is 0.271 e. The van der Waals surface area contributed by atoms with Crippen molar-refractivity contribution in [3.63, 3.8) is 0 Å². The van der Waals surface area contributed by atoms with E-state index in [4.69, 9.17) is 9.47 Å². The van der Waals surface area contributed by atoms with Crippen molar-refractivity contribution in [3.05, 3.63) is 117 Å². The average Bonchev–Trinajstić information content (AvgIpc) is 3.51. The van der Waals surface area contributed by atoms with E-state index >= 15 is 0 Å². The summed E-state index contributed by atoms with van der Waals surface area (Å²) in [5, 5.41) is 13.0. The molecule has 1 heterocycles. The van der Waals surface area contributed by atoms with Crippen molar-refractivity contribution in [2.24, 2.45) is 5.10 Å². The second kappa shape index (κ2) is 15.3. The van der Waals surface area contributed by atoms with Crippen LogP contribution in [0.3, 0.4) is 0 Å². The molecule has 228 valence electrons. The first kappa shape index (κ1) is 31.7. The zero-order valence-corrected chi connectivity index (χ0v) is 27.5. The summed E-state index contributed by atoms with van der Waals surface area (Å²) in [5.74, 6) is 0.300. The molecule has 0 radical (unpaired) electrons. The molecule has 0 atom stereocenters. The summed E-state index contributed by atoms with van der Waals surface area (Å²) in [4.78, 5) is 29.8. The Kier molecular flexibility index (Phi) is 10.8. The SMILES string of the molecule is CCOc1cc(/C=N/NC(=O)c2ccc(-c3csc(Nc4ccc(C)cc4)n3)cc2)cc(I)c1OCC(=O)Nc1ccccc1. The highest BCUT2D eigenvalue weighted by molar-refractivity contribution is 14.1. The number of hydrogen-bond acceptors (Lipinski definition) is 8. The van der Waals surface area contributed by atoms with Crippen molar-refractivity contribution in [3.8, 4) is 22.8 Å². The number of nitrogens with one attached hydrogen (secondary N) is 3. The fourth-order valence-electron chi connectivity index (χ4n) is 4.17. The molecule has 3 N–H and O–H groups in total. The van der Waals surface area contributed by atoms with Crippen LogP contribution in [0.2, 0.25) is 0 Å². The largest absolute Gasteiger partial charge is 0.490 e. The fraction of sp³-hybridized carbons (Fsp3) is 0.118. The number of hydrogen-bond donors (Lipinski definition) is 3. The highest BCUT2D eigenvalue weighted by Crippen LogP contribution is 2.34. The molecule has 2 amide bonds. The Morgan fingerprint density at radius 3 is 2.44 bits per heavy atom. The maximum absolute atomic E-state index is 12.8. The number of nitrogens with zero attached hydrogens (tertiary/aromatic N) is 2. The van der Waals surface area contributed by atoms with Crippen LogP contribution in [0.1, 0.15) is 28.4 Å².